The number of carbonyl (C=O) groups is 1. The maximum Gasteiger partial charge on any atom is 0.338 e. The van der Waals surface area contributed by atoms with Crippen LogP contribution in [-0.2, 0) is 14.9 Å². The highest BCUT2D eigenvalue weighted by atomic mass is 79.9. The number of carboxylic acids is 1. The summed E-state index contributed by atoms with van der Waals surface area (Å²) in [5.41, 5.74) is -0.754. The van der Waals surface area contributed by atoms with Crippen molar-refractivity contribution in [2.75, 3.05) is 7.11 Å². The molecule has 2 N–H and O–H groups in total. The van der Waals surface area contributed by atoms with Gasteiger partial charge >= 0.3 is 5.97 Å². The van der Waals surface area contributed by atoms with Gasteiger partial charge in [-0.15, -0.1) is 0 Å². The van der Waals surface area contributed by atoms with Crippen LogP contribution in [0.4, 0.5) is 4.39 Å². The summed E-state index contributed by atoms with van der Waals surface area (Å²) < 4.78 is 36.7. The van der Waals surface area contributed by atoms with Crippen LogP contribution in [0.25, 0.3) is 0 Å². The van der Waals surface area contributed by atoms with Gasteiger partial charge in [0.15, 0.2) is 5.82 Å². The number of benzene rings is 1. The van der Waals surface area contributed by atoms with E-state index in [-0.39, 0.29) is 4.47 Å². The Bertz CT molecular complexity index is 559. The Kier molecular flexibility index (Phi) is 4.20. The van der Waals surface area contributed by atoms with Crippen molar-refractivity contribution in [3.8, 4) is 0 Å². The van der Waals surface area contributed by atoms with E-state index in [2.05, 4.69) is 20.8 Å². The van der Waals surface area contributed by atoms with Crippen LogP contribution in [0, 0.1) is 5.82 Å². The lowest BCUT2D eigenvalue weighted by atomic mass is 10.2. The second kappa shape index (κ2) is 5.08. The Morgan fingerprint density at radius 1 is 1.53 bits per heavy atom. The smallest absolute Gasteiger partial charge is 0.338 e. The van der Waals surface area contributed by atoms with Crippen molar-refractivity contribution in [1.82, 2.24) is 4.89 Å². The molecule has 0 aromatic heterocycles. The SMILES string of the molecule is CONS(=O)(=O)c1cc(Br)cc(C(=O)O)c1F. The molecule has 9 heteroatoms. The first-order valence-corrected chi connectivity index (χ1v) is 6.34. The molecule has 0 fully saturated rings. The first-order valence-electron chi connectivity index (χ1n) is 4.06. The minimum absolute atomic E-state index is 0.118. The monoisotopic (exact) mass is 327 g/mol. The standard InChI is InChI=1S/C8H7BrFNO5S/c1-16-11-17(14,15)6-3-4(9)2-5(7(6)10)8(12)13/h2-3,11H,1H3,(H,12,13). The molecule has 0 aliphatic heterocycles. The van der Waals surface area contributed by atoms with Crippen LogP contribution in [0.1, 0.15) is 10.4 Å². The van der Waals surface area contributed by atoms with Gasteiger partial charge < -0.3 is 5.11 Å². The van der Waals surface area contributed by atoms with Crippen molar-refractivity contribution in [3.63, 3.8) is 0 Å². The largest absolute Gasteiger partial charge is 0.478 e. The van der Waals surface area contributed by atoms with E-state index in [1.54, 1.807) is 4.89 Å². The molecule has 0 unspecified atom stereocenters. The molecule has 94 valence electrons. The van der Waals surface area contributed by atoms with Gasteiger partial charge in [-0.3, -0.25) is 4.84 Å². The molecular formula is C8H7BrFNO5S. The Hall–Kier alpha value is -1.03. The topological polar surface area (TPSA) is 92.7 Å². The first-order chi connectivity index (χ1) is 7.79. The minimum Gasteiger partial charge on any atom is -0.478 e. The zero-order valence-electron chi connectivity index (χ0n) is 8.40. The maximum atomic E-state index is 13.6. The van der Waals surface area contributed by atoms with Crippen molar-refractivity contribution < 1.29 is 27.5 Å². The predicted molar refractivity (Wildman–Crippen MR) is 58.4 cm³/mol. The second-order valence-electron chi connectivity index (χ2n) is 2.86. The van der Waals surface area contributed by atoms with Crippen molar-refractivity contribution in [1.29, 1.82) is 0 Å². The highest BCUT2D eigenvalue weighted by molar-refractivity contribution is 9.10. The number of hydrogen-bond donors (Lipinski definition) is 2. The van der Waals surface area contributed by atoms with Crippen LogP contribution in [0.2, 0.25) is 0 Å². The molecule has 1 aromatic carbocycles. The van der Waals surface area contributed by atoms with Crippen molar-refractivity contribution >= 4 is 31.9 Å². The Morgan fingerprint density at radius 3 is 2.59 bits per heavy atom. The van der Waals surface area contributed by atoms with Crippen molar-refractivity contribution in [3.05, 3.63) is 28.0 Å². The fourth-order valence-electron chi connectivity index (χ4n) is 1.07. The third kappa shape index (κ3) is 3.00. The Morgan fingerprint density at radius 2 is 2.12 bits per heavy atom. The lowest BCUT2D eigenvalue weighted by molar-refractivity contribution is 0.0691. The van der Waals surface area contributed by atoms with E-state index in [4.69, 9.17) is 5.11 Å². The number of halogens is 2. The van der Waals surface area contributed by atoms with Crippen LogP contribution in [0.15, 0.2) is 21.5 Å². The van der Waals surface area contributed by atoms with Gasteiger partial charge in [0.25, 0.3) is 10.0 Å². The lowest BCUT2D eigenvalue weighted by Crippen LogP contribution is -2.24. The Labute approximate surface area is 105 Å². The average molecular weight is 328 g/mol. The zero-order chi connectivity index (χ0) is 13.2. The summed E-state index contributed by atoms with van der Waals surface area (Å²) >= 11 is 2.90. The summed E-state index contributed by atoms with van der Waals surface area (Å²) in [6.07, 6.45) is 0. The molecule has 0 heterocycles. The second-order valence-corrected chi connectivity index (χ2v) is 5.39. The van der Waals surface area contributed by atoms with E-state index in [1.165, 1.54) is 0 Å². The number of hydrogen-bond acceptors (Lipinski definition) is 4. The minimum atomic E-state index is -4.26. The number of carboxylic acid groups (broad SMARTS) is 1. The van der Waals surface area contributed by atoms with Crippen LogP contribution in [0.5, 0.6) is 0 Å². The van der Waals surface area contributed by atoms with Crippen LogP contribution in [-0.4, -0.2) is 26.6 Å². The summed E-state index contributed by atoms with van der Waals surface area (Å²) in [7, 11) is -3.23. The number of sulfonamides is 1. The van der Waals surface area contributed by atoms with Gasteiger partial charge in [0, 0.05) is 4.47 Å². The highest BCUT2D eigenvalue weighted by Crippen LogP contribution is 2.24. The highest BCUT2D eigenvalue weighted by Gasteiger charge is 2.24. The van der Waals surface area contributed by atoms with E-state index >= 15 is 0 Å². The summed E-state index contributed by atoms with van der Waals surface area (Å²) in [5, 5.41) is 8.70. The first kappa shape index (κ1) is 14.0. The van der Waals surface area contributed by atoms with Gasteiger partial charge in [0.2, 0.25) is 0 Å². The molecule has 0 bridgehead atoms. The van der Waals surface area contributed by atoms with Crippen LogP contribution >= 0.6 is 15.9 Å². The van der Waals surface area contributed by atoms with Gasteiger partial charge in [-0.05, 0) is 12.1 Å². The fourth-order valence-corrected chi connectivity index (χ4v) is 2.62. The third-order valence-electron chi connectivity index (χ3n) is 1.72. The molecular weight excluding hydrogens is 321 g/mol. The Balaban J connectivity index is 3.50. The molecule has 0 radical (unpaired) electrons. The normalized spacial score (nSPS) is 11.5. The quantitative estimate of drug-likeness (QED) is 0.808. The average Bonchev–Trinajstić information content (AvgIpc) is 2.20. The molecule has 0 saturated heterocycles. The van der Waals surface area contributed by atoms with Crippen molar-refractivity contribution in [2.45, 2.75) is 4.90 Å². The molecule has 1 aromatic rings. The third-order valence-corrected chi connectivity index (χ3v) is 3.44. The molecule has 0 aliphatic rings. The van der Waals surface area contributed by atoms with Gasteiger partial charge in [0.05, 0.1) is 12.7 Å². The number of rotatable bonds is 4. The molecule has 6 nitrogen and oxygen atoms in total. The zero-order valence-corrected chi connectivity index (χ0v) is 10.8. The van der Waals surface area contributed by atoms with E-state index in [1.807, 2.05) is 0 Å². The number of aromatic carboxylic acids is 1. The number of nitrogens with one attached hydrogen (secondary N) is 1. The van der Waals surface area contributed by atoms with Gasteiger partial charge in [-0.1, -0.05) is 20.8 Å². The molecule has 0 amide bonds. The van der Waals surface area contributed by atoms with E-state index in [0.717, 1.165) is 19.2 Å². The summed E-state index contributed by atoms with van der Waals surface area (Å²) in [5.74, 6) is -2.93. The molecule has 1 rings (SSSR count). The fraction of sp³-hybridized carbons (Fsp3) is 0.125. The van der Waals surface area contributed by atoms with Crippen LogP contribution in [0.3, 0.4) is 0 Å². The van der Waals surface area contributed by atoms with Gasteiger partial charge in [0.1, 0.15) is 4.90 Å². The van der Waals surface area contributed by atoms with E-state index in [9.17, 15) is 17.6 Å². The maximum absolute atomic E-state index is 13.6. The predicted octanol–water partition coefficient (Wildman–Crippen LogP) is 1.13. The van der Waals surface area contributed by atoms with Crippen LogP contribution < -0.4 is 4.89 Å². The molecule has 0 aliphatic carbocycles. The molecule has 17 heavy (non-hydrogen) atoms. The molecule has 0 atom stereocenters. The summed E-state index contributed by atoms with van der Waals surface area (Å²) in [6.45, 7) is 0. The summed E-state index contributed by atoms with van der Waals surface area (Å²) in [4.78, 5) is 15.7. The molecule has 0 saturated carbocycles. The summed E-state index contributed by atoms with van der Waals surface area (Å²) in [6, 6.07) is 1.90. The van der Waals surface area contributed by atoms with Gasteiger partial charge in [-0.25, -0.2) is 17.6 Å². The molecule has 0 spiro atoms. The van der Waals surface area contributed by atoms with E-state index in [0.29, 0.717) is 0 Å². The van der Waals surface area contributed by atoms with E-state index < -0.39 is 32.3 Å². The van der Waals surface area contributed by atoms with Crippen molar-refractivity contribution in [2.24, 2.45) is 0 Å². The van der Waals surface area contributed by atoms with Gasteiger partial charge in [-0.2, -0.15) is 0 Å². The lowest BCUT2D eigenvalue weighted by Gasteiger charge is -2.08.